The molecule has 0 fully saturated rings. The van der Waals surface area contributed by atoms with Crippen LogP contribution in [-0.4, -0.2) is 24.9 Å². The zero-order valence-corrected chi connectivity index (χ0v) is 12.6. The molecule has 0 aliphatic rings. The van der Waals surface area contributed by atoms with Gasteiger partial charge in [-0.2, -0.15) is 11.3 Å². The Kier molecular flexibility index (Phi) is 4.90. The van der Waals surface area contributed by atoms with Gasteiger partial charge in [-0.3, -0.25) is 4.79 Å². The summed E-state index contributed by atoms with van der Waals surface area (Å²) < 4.78 is 4.91. The van der Waals surface area contributed by atoms with Gasteiger partial charge >= 0.3 is 5.63 Å². The molecule has 0 bridgehead atoms. The Bertz CT molecular complexity index is 775. The average Bonchev–Trinajstić information content (AvgIpc) is 3.01. The van der Waals surface area contributed by atoms with E-state index in [2.05, 4.69) is 0 Å². The van der Waals surface area contributed by atoms with Crippen molar-refractivity contribution in [3.05, 3.63) is 69.2 Å². The van der Waals surface area contributed by atoms with Gasteiger partial charge < -0.3 is 9.32 Å². The monoisotopic (exact) mass is 301 g/mol. The molecule has 0 spiro atoms. The Morgan fingerprint density at radius 2 is 1.86 bits per heavy atom. The lowest BCUT2D eigenvalue weighted by Crippen LogP contribution is -2.20. The summed E-state index contributed by atoms with van der Waals surface area (Å²) in [5.74, 6) is 0.0706. The quantitative estimate of drug-likeness (QED) is 0.648. The van der Waals surface area contributed by atoms with Crippen molar-refractivity contribution in [1.82, 2.24) is 4.90 Å². The van der Waals surface area contributed by atoms with Gasteiger partial charge in [0, 0.05) is 30.9 Å². The maximum Gasteiger partial charge on any atom is 0.336 e. The van der Waals surface area contributed by atoms with Crippen LogP contribution in [0.4, 0.5) is 0 Å². The molecule has 0 unspecified atom stereocenters. The lowest BCUT2D eigenvalue weighted by molar-refractivity contribution is 0.0828. The Hall–Kier alpha value is -2.40. The van der Waals surface area contributed by atoms with Gasteiger partial charge in [0.15, 0.2) is 0 Å². The number of fused-ring (bicyclic) bond motifs is 1. The lowest BCUT2D eigenvalue weighted by Gasteiger charge is -2.07. The van der Waals surface area contributed by atoms with Crippen LogP contribution in [0.5, 0.6) is 0 Å². The maximum absolute atomic E-state index is 11.1. The van der Waals surface area contributed by atoms with Gasteiger partial charge in [-0.25, -0.2) is 4.79 Å². The molecule has 1 amide bonds. The number of carbonyl (C=O) groups is 1. The van der Waals surface area contributed by atoms with Crippen LogP contribution in [-0.2, 0) is 0 Å². The van der Waals surface area contributed by atoms with Crippen LogP contribution in [0.2, 0.25) is 0 Å². The molecule has 0 saturated heterocycles. The van der Waals surface area contributed by atoms with E-state index in [1.165, 1.54) is 17.4 Å². The predicted molar refractivity (Wildman–Crippen MR) is 84.8 cm³/mol. The fourth-order valence-corrected chi connectivity index (χ4v) is 2.29. The van der Waals surface area contributed by atoms with Gasteiger partial charge in [-0.15, -0.1) is 0 Å². The van der Waals surface area contributed by atoms with E-state index >= 15 is 0 Å². The van der Waals surface area contributed by atoms with Crippen LogP contribution in [0.3, 0.4) is 0 Å². The number of para-hydroxylation sites is 1. The highest BCUT2D eigenvalue weighted by atomic mass is 32.1. The summed E-state index contributed by atoms with van der Waals surface area (Å²) in [4.78, 5) is 23.4. The Morgan fingerprint density at radius 3 is 2.52 bits per heavy atom. The summed E-state index contributed by atoms with van der Waals surface area (Å²) in [5, 5.41) is 4.70. The van der Waals surface area contributed by atoms with Gasteiger partial charge in [0.25, 0.3) is 5.91 Å². The summed E-state index contributed by atoms with van der Waals surface area (Å²) >= 11 is 1.54. The number of carbonyl (C=O) groups excluding carboxylic acids is 1. The van der Waals surface area contributed by atoms with Crippen molar-refractivity contribution in [3.8, 4) is 0 Å². The first-order valence-electron chi connectivity index (χ1n) is 6.30. The van der Waals surface area contributed by atoms with Crippen LogP contribution in [0.15, 0.2) is 62.4 Å². The molecule has 4 nitrogen and oxygen atoms in total. The SMILES string of the molecule is CN(C)C(=O)c1ccsc1.O=c1ccc2ccccc2o1. The van der Waals surface area contributed by atoms with E-state index in [0.29, 0.717) is 5.58 Å². The van der Waals surface area contributed by atoms with Crippen LogP contribution in [0, 0.1) is 0 Å². The van der Waals surface area contributed by atoms with Crippen molar-refractivity contribution in [3.63, 3.8) is 0 Å². The van der Waals surface area contributed by atoms with Crippen molar-refractivity contribution >= 4 is 28.2 Å². The van der Waals surface area contributed by atoms with E-state index in [9.17, 15) is 9.59 Å². The highest BCUT2D eigenvalue weighted by Gasteiger charge is 2.06. The van der Waals surface area contributed by atoms with Crippen molar-refractivity contribution < 1.29 is 9.21 Å². The van der Waals surface area contributed by atoms with Crippen LogP contribution in [0.1, 0.15) is 10.4 Å². The molecule has 0 saturated carbocycles. The number of hydrogen-bond donors (Lipinski definition) is 0. The van der Waals surface area contributed by atoms with Crippen LogP contribution < -0.4 is 5.63 Å². The van der Waals surface area contributed by atoms with E-state index in [-0.39, 0.29) is 11.5 Å². The summed E-state index contributed by atoms with van der Waals surface area (Å²) in [5.41, 5.74) is 1.11. The van der Waals surface area contributed by atoms with Gasteiger partial charge in [-0.05, 0) is 23.6 Å². The van der Waals surface area contributed by atoms with E-state index < -0.39 is 0 Å². The summed E-state index contributed by atoms with van der Waals surface area (Å²) in [6.07, 6.45) is 0. The third-order valence-electron chi connectivity index (χ3n) is 2.70. The number of thiophene rings is 1. The second-order valence-corrected chi connectivity index (χ2v) is 5.28. The molecule has 3 aromatic rings. The molecule has 0 atom stereocenters. The third kappa shape index (κ3) is 4.03. The van der Waals surface area contributed by atoms with E-state index in [1.807, 2.05) is 35.0 Å². The first-order chi connectivity index (χ1) is 10.1. The molecule has 21 heavy (non-hydrogen) atoms. The predicted octanol–water partition coefficient (Wildman–Crippen LogP) is 3.24. The van der Waals surface area contributed by atoms with Crippen molar-refractivity contribution in [1.29, 1.82) is 0 Å². The van der Waals surface area contributed by atoms with Gasteiger partial charge in [-0.1, -0.05) is 18.2 Å². The minimum atomic E-state index is -0.302. The molecule has 2 aromatic heterocycles. The Morgan fingerprint density at radius 1 is 1.10 bits per heavy atom. The van der Waals surface area contributed by atoms with Crippen molar-refractivity contribution in [2.24, 2.45) is 0 Å². The maximum atomic E-state index is 11.1. The molecule has 0 aliphatic heterocycles. The fraction of sp³-hybridized carbons (Fsp3) is 0.125. The van der Waals surface area contributed by atoms with E-state index in [1.54, 1.807) is 31.1 Å². The third-order valence-corrected chi connectivity index (χ3v) is 3.39. The number of amides is 1. The molecule has 0 N–H and O–H groups in total. The number of hydrogen-bond acceptors (Lipinski definition) is 4. The smallest absolute Gasteiger partial charge is 0.336 e. The second kappa shape index (κ2) is 6.85. The molecule has 0 aliphatic carbocycles. The highest BCUT2D eigenvalue weighted by molar-refractivity contribution is 7.08. The van der Waals surface area contributed by atoms with Crippen molar-refractivity contribution in [2.75, 3.05) is 14.1 Å². The normalized spacial score (nSPS) is 9.81. The second-order valence-electron chi connectivity index (χ2n) is 4.50. The molecular formula is C16H15NO3S. The summed E-state index contributed by atoms with van der Waals surface area (Å²) in [6.45, 7) is 0. The molecule has 5 heteroatoms. The molecule has 0 radical (unpaired) electrons. The summed E-state index contributed by atoms with van der Waals surface area (Å²) in [6, 6.07) is 12.4. The minimum Gasteiger partial charge on any atom is -0.423 e. The molecular weight excluding hydrogens is 286 g/mol. The van der Waals surface area contributed by atoms with Crippen LogP contribution in [0.25, 0.3) is 11.0 Å². The Labute approximate surface area is 126 Å². The first-order valence-corrected chi connectivity index (χ1v) is 7.25. The molecule has 1 aromatic carbocycles. The standard InChI is InChI=1S/C9H6O2.C7H9NOS/c10-9-6-5-7-3-1-2-4-8(7)11-9;1-8(2)7(9)6-3-4-10-5-6/h1-6H;3-5H,1-2H3. The largest absolute Gasteiger partial charge is 0.423 e. The first kappa shape index (κ1) is 15.0. The van der Waals surface area contributed by atoms with Gasteiger partial charge in [0.1, 0.15) is 5.58 Å². The average molecular weight is 301 g/mol. The number of nitrogens with zero attached hydrogens (tertiary/aromatic N) is 1. The molecule has 2 heterocycles. The Balaban J connectivity index is 0.000000155. The van der Waals surface area contributed by atoms with Crippen LogP contribution >= 0.6 is 11.3 Å². The fourth-order valence-electron chi connectivity index (χ4n) is 1.66. The zero-order valence-electron chi connectivity index (χ0n) is 11.8. The van der Waals surface area contributed by atoms with Crippen molar-refractivity contribution in [2.45, 2.75) is 0 Å². The van der Waals surface area contributed by atoms with Gasteiger partial charge in [0.2, 0.25) is 0 Å². The topological polar surface area (TPSA) is 50.5 Å². The molecule has 108 valence electrons. The zero-order chi connectivity index (χ0) is 15.2. The summed E-state index contributed by atoms with van der Waals surface area (Å²) in [7, 11) is 3.50. The lowest BCUT2D eigenvalue weighted by atomic mass is 10.2. The van der Waals surface area contributed by atoms with E-state index in [0.717, 1.165) is 10.9 Å². The minimum absolute atomic E-state index is 0.0706. The highest BCUT2D eigenvalue weighted by Crippen LogP contribution is 2.09. The molecule has 3 rings (SSSR count). The van der Waals surface area contributed by atoms with E-state index in [4.69, 9.17) is 4.42 Å². The number of rotatable bonds is 1. The number of benzene rings is 1. The van der Waals surface area contributed by atoms with Gasteiger partial charge in [0.05, 0.1) is 5.56 Å².